The first kappa shape index (κ1) is 9.61. The van der Waals surface area contributed by atoms with Gasteiger partial charge in [0.1, 0.15) is 0 Å². The first-order valence-corrected chi connectivity index (χ1v) is 6.75. The Balaban J connectivity index is 3.90. The van der Waals surface area contributed by atoms with Crippen LogP contribution in [0.2, 0.25) is 0 Å². The summed E-state index contributed by atoms with van der Waals surface area (Å²) in [7, 11) is 0. The summed E-state index contributed by atoms with van der Waals surface area (Å²) in [5.74, 6) is 0. The lowest BCUT2D eigenvalue weighted by Crippen LogP contribution is -2.32. The average Bonchev–Trinajstić information content (AvgIpc) is 1.14. The van der Waals surface area contributed by atoms with Gasteiger partial charge in [-0.15, -0.1) is 0 Å². The van der Waals surface area contributed by atoms with Crippen LogP contribution < -0.4 is 5.09 Å². The monoisotopic (exact) mass is 165 g/mol. The van der Waals surface area contributed by atoms with E-state index >= 15 is 0 Å². The zero-order chi connectivity index (χ0) is 7.71. The number of hydrogen-bond donors (Lipinski definition) is 1. The molecule has 0 saturated heterocycles. The predicted octanol–water partition coefficient (Wildman–Crippen LogP) is 2.03. The minimum Gasteiger partial charge on any atom is -0.284 e. The summed E-state index contributed by atoms with van der Waals surface area (Å²) in [6, 6.07) is 0. The summed E-state index contributed by atoms with van der Waals surface area (Å²) in [4.78, 5) is 0. The van der Waals surface area contributed by atoms with Gasteiger partial charge in [0.25, 0.3) is 0 Å². The van der Waals surface area contributed by atoms with Crippen molar-refractivity contribution in [1.29, 1.82) is 0 Å². The quantitative estimate of drug-likeness (QED) is 0.597. The van der Waals surface area contributed by atoms with Crippen LogP contribution in [0.3, 0.4) is 0 Å². The van der Waals surface area contributed by atoms with Gasteiger partial charge in [0.2, 0.25) is 0 Å². The van der Waals surface area contributed by atoms with Crippen molar-refractivity contribution in [1.82, 2.24) is 5.09 Å². The molecule has 0 heterocycles. The molecule has 3 heteroatoms. The molecule has 0 aromatic carbocycles. The van der Waals surface area contributed by atoms with Crippen molar-refractivity contribution in [2.75, 3.05) is 13.3 Å². The van der Waals surface area contributed by atoms with Gasteiger partial charge >= 0.3 is 0 Å². The molecule has 0 unspecified atom stereocenters. The molecule has 0 aromatic heterocycles. The molecular weight excluding hydrogens is 149 g/mol. The summed E-state index contributed by atoms with van der Waals surface area (Å²) in [5.41, 5.74) is 0.180. The Morgan fingerprint density at radius 1 is 1.22 bits per heavy atom. The number of hydrogen-bond acceptors (Lipinski definition) is 1. The molecule has 0 spiro atoms. The Morgan fingerprint density at radius 3 is 1.56 bits per heavy atom. The minimum absolute atomic E-state index is 0.180. The Labute approximate surface area is 63.3 Å². The van der Waals surface area contributed by atoms with Crippen LogP contribution in [0, 0.1) is 0 Å². The molecular formula is C6H16NPS. The van der Waals surface area contributed by atoms with Crippen molar-refractivity contribution in [3.05, 3.63) is 0 Å². The van der Waals surface area contributed by atoms with Gasteiger partial charge in [0.15, 0.2) is 0 Å². The molecule has 0 saturated carbocycles. The second kappa shape index (κ2) is 2.69. The average molecular weight is 165 g/mol. The number of nitrogens with one attached hydrogen (secondary N) is 1. The lowest BCUT2D eigenvalue weighted by atomic mass is 10.1. The van der Waals surface area contributed by atoms with Crippen LogP contribution in [0.15, 0.2) is 0 Å². The minimum atomic E-state index is -1.20. The fraction of sp³-hybridized carbons (Fsp3) is 1.00. The highest BCUT2D eigenvalue weighted by atomic mass is 32.4. The maximum absolute atomic E-state index is 5.23. The standard InChI is InChI=1S/C6H16NPS/c1-6(2,3)7-8(4,5)9/h1-5H3,(H,7,9). The lowest BCUT2D eigenvalue weighted by Gasteiger charge is -2.26. The molecule has 0 aliphatic rings. The maximum atomic E-state index is 5.23. The fourth-order valence-electron chi connectivity index (χ4n) is 0.808. The summed E-state index contributed by atoms with van der Waals surface area (Å²) in [5, 5.41) is 3.38. The molecule has 0 radical (unpaired) electrons. The van der Waals surface area contributed by atoms with E-state index in [-0.39, 0.29) is 5.54 Å². The van der Waals surface area contributed by atoms with E-state index in [2.05, 4.69) is 39.2 Å². The first-order chi connectivity index (χ1) is 3.71. The lowest BCUT2D eigenvalue weighted by molar-refractivity contribution is 0.529. The molecule has 1 nitrogen and oxygen atoms in total. The van der Waals surface area contributed by atoms with Crippen LogP contribution >= 0.6 is 6.19 Å². The number of rotatable bonds is 1. The molecule has 56 valence electrons. The van der Waals surface area contributed by atoms with Crippen LogP contribution in [0.4, 0.5) is 0 Å². The molecule has 0 aromatic rings. The van der Waals surface area contributed by atoms with Crippen molar-refractivity contribution < 1.29 is 0 Å². The fourth-order valence-corrected chi connectivity index (χ4v) is 3.24. The molecule has 0 atom stereocenters. The van der Waals surface area contributed by atoms with Gasteiger partial charge in [0.05, 0.1) is 0 Å². The summed E-state index contributed by atoms with van der Waals surface area (Å²) >= 11 is 5.23. The van der Waals surface area contributed by atoms with Crippen molar-refractivity contribution >= 4 is 18.0 Å². The van der Waals surface area contributed by atoms with Crippen molar-refractivity contribution in [2.24, 2.45) is 0 Å². The van der Waals surface area contributed by atoms with Crippen molar-refractivity contribution in [3.8, 4) is 0 Å². The van der Waals surface area contributed by atoms with Gasteiger partial charge in [-0.25, -0.2) is 0 Å². The Hall–Kier alpha value is 0.610. The molecule has 0 aliphatic heterocycles. The van der Waals surface area contributed by atoms with E-state index in [1.54, 1.807) is 0 Å². The topological polar surface area (TPSA) is 12.0 Å². The van der Waals surface area contributed by atoms with E-state index < -0.39 is 6.19 Å². The Morgan fingerprint density at radius 2 is 1.56 bits per heavy atom. The summed E-state index contributed by atoms with van der Waals surface area (Å²) in [6.45, 7) is 10.6. The van der Waals surface area contributed by atoms with E-state index in [0.717, 1.165) is 0 Å². The van der Waals surface area contributed by atoms with Crippen LogP contribution in [-0.2, 0) is 11.8 Å². The van der Waals surface area contributed by atoms with Gasteiger partial charge < -0.3 is 0 Å². The SMILES string of the molecule is CC(C)(C)NP(C)(C)=S. The molecule has 0 fully saturated rings. The van der Waals surface area contributed by atoms with Gasteiger partial charge in [-0.1, -0.05) is 11.8 Å². The Kier molecular flexibility index (Phi) is 2.87. The smallest absolute Gasteiger partial charge is 0.0139 e. The highest BCUT2D eigenvalue weighted by molar-refractivity contribution is 8.13. The molecule has 0 amide bonds. The van der Waals surface area contributed by atoms with E-state index in [0.29, 0.717) is 0 Å². The third-order valence-electron chi connectivity index (χ3n) is 0.605. The second-order valence-electron chi connectivity index (χ2n) is 3.71. The van der Waals surface area contributed by atoms with Gasteiger partial charge in [-0.3, -0.25) is 5.09 Å². The molecule has 1 N–H and O–H groups in total. The van der Waals surface area contributed by atoms with Gasteiger partial charge in [-0.2, -0.15) is 0 Å². The van der Waals surface area contributed by atoms with Crippen LogP contribution in [0.25, 0.3) is 0 Å². The van der Waals surface area contributed by atoms with Gasteiger partial charge in [-0.05, 0) is 34.1 Å². The second-order valence-corrected chi connectivity index (χ2v) is 9.38. The van der Waals surface area contributed by atoms with E-state index in [1.165, 1.54) is 0 Å². The zero-order valence-electron chi connectivity index (χ0n) is 6.86. The van der Waals surface area contributed by atoms with Crippen LogP contribution in [0.1, 0.15) is 20.8 Å². The third-order valence-corrected chi connectivity index (χ3v) is 2.09. The maximum Gasteiger partial charge on any atom is 0.0139 e. The molecule has 0 bridgehead atoms. The first-order valence-electron chi connectivity index (χ1n) is 3.05. The highest BCUT2D eigenvalue weighted by Gasteiger charge is 2.13. The van der Waals surface area contributed by atoms with E-state index in [9.17, 15) is 0 Å². The van der Waals surface area contributed by atoms with Crippen LogP contribution in [-0.4, -0.2) is 18.9 Å². The van der Waals surface area contributed by atoms with Gasteiger partial charge in [0, 0.05) is 11.7 Å². The zero-order valence-corrected chi connectivity index (χ0v) is 8.57. The summed E-state index contributed by atoms with van der Waals surface area (Å²) < 4.78 is 0. The van der Waals surface area contributed by atoms with E-state index in [1.807, 2.05) is 0 Å². The summed E-state index contributed by atoms with van der Waals surface area (Å²) in [6.07, 6.45) is -1.20. The normalized spacial score (nSPS) is 13.9. The molecule has 0 aliphatic carbocycles. The van der Waals surface area contributed by atoms with Crippen molar-refractivity contribution in [3.63, 3.8) is 0 Å². The Bertz CT molecular complexity index is 130. The largest absolute Gasteiger partial charge is 0.284 e. The third kappa shape index (κ3) is 8.61. The predicted molar refractivity (Wildman–Crippen MR) is 49.0 cm³/mol. The van der Waals surface area contributed by atoms with Crippen LogP contribution in [0.5, 0.6) is 0 Å². The van der Waals surface area contributed by atoms with E-state index in [4.69, 9.17) is 11.8 Å². The van der Waals surface area contributed by atoms with Crippen molar-refractivity contribution in [2.45, 2.75) is 26.3 Å². The molecule has 0 rings (SSSR count). The molecule has 9 heavy (non-hydrogen) atoms. The highest BCUT2D eigenvalue weighted by Crippen LogP contribution is 2.33.